The van der Waals surface area contributed by atoms with Crippen LogP contribution >= 0.6 is 0 Å². The first-order valence-electron chi connectivity index (χ1n) is 7.05. The first kappa shape index (κ1) is 16.3. The van der Waals surface area contributed by atoms with Crippen molar-refractivity contribution < 1.29 is 14.3 Å². The summed E-state index contributed by atoms with van der Waals surface area (Å²) >= 11 is 0. The lowest BCUT2D eigenvalue weighted by Crippen LogP contribution is -2.18. The topological polar surface area (TPSA) is 59.9 Å². The van der Waals surface area contributed by atoms with Crippen LogP contribution in [0.5, 0.6) is 11.5 Å². The molecule has 0 fully saturated rings. The van der Waals surface area contributed by atoms with Gasteiger partial charge in [-0.25, -0.2) is 5.43 Å². The summed E-state index contributed by atoms with van der Waals surface area (Å²) in [4.78, 5) is 12.1. The highest BCUT2D eigenvalue weighted by molar-refractivity contribution is 5.97. The molecule has 0 radical (unpaired) electrons. The predicted octanol–water partition coefficient (Wildman–Crippen LogP) is 3.02. The van der Waals surface area contributed by atoms with Crippen LogP contribution < -0.4 is 14.9 Å². The van der Waals surface area contributed by atoms with E-state index in [-0.39, 0.29) is 5.91 Å². The summed E-state index contributed by atoms with van der Waals surface area (Å²) in [6.45, 7) is 4.01. The number of nitrogens with zero attached hydrogens (tertiary/aromatic N) is 1. The average molecular weight is 310 g/mol. The molecule has 5 nitrogen and oxygen atoms in total. The number of hydrogen-bond acceptors (Lipinski definition) is 4. The lowest BCUT2D eigenvalue weighted by Gasteiger charge is -2.07. The van der Waals surface area contributed by atoms with E-state index in [1.165, 1.54) is 13.3 Å². The van der Waals surface area contributed by atoms with Crippen LogP contribution in [0, 0.1) is 0 Å². The normalized spacial score (nSPS) is 10.3. The summed E-state index contributed by atoms with van der Waals surface area (Å²) in [5, 5.41) is 3.98. The van der Waals surface area contributed by atoms with Gasteiger partial charge in [0.25, 0.3) is 5.91 Å². The van der Waals surface area contributed by atoms with Gasteiger partial charge in [0.1, 0.15) is 18.1 Å². The number of rotatable bonds is 7. The highest BCUT2D eigenvalue weighted by atomic mass is 16.5. The molecule has 0 atom stereocenters. The zero-order valence-corrected chi connectivity index (χ0v) is 12.9. The number of nitrogens with one attached hydrogen (secondary N) is 1. The van der Waals surface area contributed by atoms with Crippen LogP contribution in [0.3, 0.4) is 0 Å². The minimum absolute atomic E-state index is 0.344. The lowest BCUT2D eigenvalue weighted by atomic mass is 10.2. The van der Waals surface area contributed by atoms with Crippen LogP contribution in [0.25, 0.3) is 0 Å². The Morgan fingerprint density at radius 1 is 1.17 bits per heavy atom. The monoisotopic (exact) mass is 310 g/mol. The maximum Gasteiger partial charge on any atom is 0.275 e. The summed E-state index contributed by atoms with van der Waals surface area (Å²) in [6, 6.07) is 14.4. The van der Waals surface area contributed by atoms with Gasteiger partial charge in [-0.15, -0.1) is 0 Å². The van der Waals surface area contributed by atoms with E-state index >= 15 is 0 Å². The number of carbonyl (C=O) groups is 1. The molecule has 2 aromatic rings. The van der Waals surface area contributed by atoms with Crippen molar-refractivity contribution in [2.24, 2.45) is 5.10 Å². The van der Waals surface area contributed by atoms with Crippen molar-refractivity contribution in [2.45, 2.75) is 0 Å². The minimum Gasteiger partial charge on any atom is -0.496 e. The molecular formula is C18H18N2O3. The van der Waals surface area contributed by atoms with Crippen molar-refractivity contribution in [1.29, 1.82) is 0 Å². The van der Waals surface area contributed by atoms with E-state index in [1.54, 1.807) is 30.3 Å². The van der Waals surface area contributed by atoms with Crippen LogP contribution in [0.2, 0.25) is 0 Å². The van der Waals surface area contributed by atoms with Gasteiger partial charge in [-0.2, -0.15) is 5.10 Å². The number of benzene rings is 2. The zero-order valence-electron chi connectivity index (χ0n) is 12.9. The van der Waals surface area contributed by atoms with Crippen LogP contribution in [-0.4, -0.2) is 25.8 Å². The Morgan fingerprint density at radius 3 is 2.61 bits per heavy atom. The van der Waals surface area contributed by atoms with Crippen LogP contribution in [0.4, 0.5) is 0 Å². The molecule has 0 unspecified atom stereocenters. The molecule has 23 heavy (non-hydrogen) atoms. The molecule has 0 bridgehead atoms. The molecule has 0 aliphatic rings. The molecule has 0 spiro atoms. The molecule has 1 N–H and O–H groups in total. The second-order valence-electron chi connectivity index (χ2n) is 4.54. The van der Waals surface area contributed by atoms with Crippen molar-refractivity contribution in [1.82, 2.24) is 5.43 Å². The van der Waals surface area contributed by atoms with E-state index in [0.29, 0.717) is 23.7 Å². The molecule has 0 aromatic heterocycles. The first-order valence-corrected chi connectivity index (χ1v) is 7.05. The SMILES string of the molecule is C=CCOc1ccccc1/C=N/NC(=O)c1ccccc1OC. The Labute approximate surface area is 135 Å². The largest absolute Gasteiger partial charge is 0.496 e. The third kappa shape index (κ3) is 4.44. The van der Waals surface area contributed by atoms with Crippen molar-refractivity contribution >= 4 is 12.1 Å². The van der Waals surface area contributed by atoms with Crippen molar-refractivity contribution in [3.63, 3.8) is 0 Å². The van der Waals surface area contributed by atoms with E-state index in [9.17, 15) is 4.79 Å². The maximum atomic E-state index is 12.1. The molecule has 1 amide bonds. The molecule has 0 aliphatic heterocycles. The fourth-order valence-corrected chi connectivity index (χ4v) is 1.92. The molecule has 5 heteroatoms. The van der Waals surface area contributed by atoms with Gasteiger partial charge >= 0.3 is 0 Å². The van der Waals surface area contributed by atoms with E-state index < -0.39 is 0 Å². The van der Waals surface area contributed by atoms with Crippen molar-refractivity contribution in [2.75, 3.05) is 13.7 Å². The van der Waals surface area contributed by atoms with Gasteiger partial charge in [0.05, 0.1) is 18.9 Å². The van der Waals surface area contributed by atoms with Gasteiger partial charge in [-0.3, -0.25) is 4.79 Å². The molecule has 0 saturated carbocycles. The number of carbonyl (C=O) groups excluding carboxylic acids is 1. The Bertz CT molecular complexity index is 711. The van der Waals surface area contributed by atoms with E-state index in [0.717, 1.165) is 5.56 Å². The Balaban J connectivity index is 2.07. The molecule has 118 valence electrons. The second-order valence-corrected chi connectivity index (χ2v) is 4.54. The second kappa shape index (κ2) is 8.38. The van der Waals surface area contributed by atoms with Gasteiger partial charge in [-0.05, 0) is 24.3 Å². The van der Waals surface area contributed by atoms with Crippen molar-refractivity contribution in [3.8, 4) is 11.5 Å². The fraction of sp³-hybridized carbons (Fsp3) is 0.111. The van der Waals surface area contributed by atoms with Crippen molar-refractivity contribution in [3.05, 3.63) is 72.3 Å². The number of methoxy groups -OCH3 is 1. The van der Waals surface area contributed by atoms with E-state index in [1.807, 2.05) is 24.3 Å². The van der Waals surface area contributed by atoms with Gasteiger partial charge in [0, 0.05) is 5.56 Å². The quantitative estimate of drug-likeness (QED) is 0.486. The summed E-state index contributed by atoms with van der Waals surface area (Å²) in [7, 11) is 1.52. The van der Waals surface area contributed by atoms with E-state index in [4.69, 9.17) is 9.47 Å². The smallest absolute Gasteiger partial charge is 0.275 e. The van der Waals surface area contributed by atoms with Crippen LogP contribution in [-0.2, 0) is 0 Å². The summed E-state index contributed by atoms with van der Waals surface area (Å²) in [5.41, 5.74) is 3.66. The zero-order chi connectivity index (χ0) is 16.5. The predicted molar refractivity (Wildman–Crippen MR) is 90.2 cm³/mol. The number of hydrogen-bond donors (Lipinski definition) is 1. The molecule has 0 saturated heterocycles. The first-order chi connectivity index (χ1) is 11.3. The molecule has 2 rings (SSSR count). The highest BCUT2D eigenvalue weighted by Crippen LogP contribution is 2.17. The minimum atomic E-state index is -0.344. The molecule has 0 heterocycles. The average Bonchev–Trinajstić information content (AvgIpc) is 2.60. The fourth-order valence-electron chi connectivity index (χ4n) is 1.92. The molecule has 2 aromatic carbocycles. The van der Waals surface area contributed by atoms with Gasteiger partial charge in [0.15, 0.2) is 0 Å². The third-order valence-corrected chi connectivity index (χ3v) is 3.00. The molecule has 0 aliphatic carbocycles. The lowest BCUT2D eigenvalue weighted by molar-refractivity contribution is 0.0952. The standard InChI is InChI=1S/C18H18N2O3/c1-3-12-23-16-10-6-4-8-14(16)13-19-20-18(21)15-9-5-7-11-17(15)22-2/h3-11,13H,1,12H2,2H3,(H,20,21)/b19-13+. The van der Waals surface area contributed by atoms with Gasteiger partial charge < -0.3 is 9.47 Å². The van der Waals surface area contributed by atoms with Crippen LogP contribution in [0.15, 0.2) is 66.3 Å². The Morgan fingerprint density at radius 2 is 1.87 bits per heavy atom. The van der Waals surface area contributed by atoms with E-state index in [2.05, 4.69) is 17.1 Å². The Hall–Kier alpha value is -3.08. The summed E-state index contributed by atoms with van der Waals surface area (Å²) in [6.07, 6.45) is 3.20. The third-order valence-electron chi connectivity index (χ3n) is 3.00. The number of amides is 1. The summed E-state index contributed by atoms with van der Waals surface area (Å²) in [5.74, 6) is 0.820. The number of para-hydroxylation sites is 2. The number of ether oxygens (including phenoxy) is 2. The summed E-state index contributed by atoms with van der Waals surface area (Å²) < 4.78 is 10.7. The maximum absolute atomic E-state index is 12.1. The van der Waals surface area contributed by atoms with Gasteiger partial charge in [0.2, 0.25) is 0 Å². The highest BCUT2D eigenvalue weighted by Gasteiger charge is 2.10. The molecular weight excluding hydrogens is 292 g/mol. The number of hydrazone groups is 1. The van der Waals surface area contributed by atoms with Crippen LogP contribution in [0.1, 0.15) is 15.9 Å². The Kier molecular flexibility index (Phi) is 5.94. The van der Waals surface area contributed by atoms with Gasteiger partial charge in [-0.1, -0.05) is 36.9 Å².